The first kappa shape index (κ1) is 23.2. The van der Waals surface area contributed by atoms with Crippen LogP contribution in [0.2, 0.25) is 0 Å². The molecule has 3 fully saturated rings. The van der Waals surface area contributed by atoms with Crippen LogP contribution in [-0.2, 0) is 23.9 Å². The zero-order valence-electron chi connectivity index (χ0n) is 18.5. The number of rotatable bonds is 7. The van der Waals surface area contributed by atoms with Crippen molar-refractivity contribution in [2.75, 3.05) is 25.1 Å². The van der Waals surface area contributed by atoms with Crippen LogP contribution in [0.25, 0.3) is 0 Å². The highest BCUT2D eigenvalue weighted by Crippen LogP contribution is 2.60. The Morgan fingerprint density at radius 2 is 2.03 bits per heavy atom. The summed E-state index contributed by atoms with van der Waals surface area (Å²) >= 11 is 3.61. The van der Waals surface area contributed by atoms with Crippen LogP contribution in [0.15, 0.2) is 18.2 Å². The molecule has 8 nitrogen and oxygen atoms in total. The Kier molecular flexibility index (Phi) is 6.35. The Bertz CT molecular complexity index is 919. The van der Waals surface area contributed by atoms with E-state index in [0.717, 1.165) is 11.1 Å². The van der Waals surface area contributed by atoms with E-state index >= 15 is 0 Å². The number of nitrogens with one attached hydrogen (secondary N) is 1. The number of hydrogen-bond donors (Lipinski definition) is 2. The monoisotopic (exact) mass is 508 g/mol. The maximum Gasteiger partial charge on any atom is 0.312 e. The van der Waals surface area contributed by atoms with Crippen LogP contribution >= 0.6 is 15.9 Å². The van der Waals surface area contributed by atoms with Gasteiger partial charge in [0.25, 0.3) is 0 Å². The zero-order chi connectivity index (χ0) is 23.2. The van der Waals surface area contributed by atoms with Crippen molar-refractivity contribution < 1.29 is 29.0 Å². The minimum absolute atomic E-state index is 0.113. The SMILES string of the molecule is CCOC(=O)[C@H]1[C@H]2C(=O)N(CCCO)C(C(=O)Nc3c(C)cccc3C)C23CC(Br)[C@@H]1O3. The van der Waals surface area contributed by atoms with Crippen molar-refractivity contribution in [3.05, 3.63) is 29.3 Å². The number of fused-ring (bicyclic) bond motifs is 1. The molecule has 1 aromatic carbocycles. The van der Waals surface area contributed by atoms with E-state index in [1.807, 2.05) is 32.0 Å². The molecule has 3 aliphatic heterocycles. The molecular weight excluding hydrogens is 480 g/mol. The molecule has 2 N–H and O–H groups in total. The fraction of sp³-hybridized carbons (Fsp3) is 0.609. The molecule has 1 spiro atoms. The Balaban J connectivity index is 1.73. The van der Waals surface area contributed by atoms with Crippen LogP contribution in [0, 0.1) is 25.7 Å². The first-order valence-corrected chi connectivity index (χ1v) is 11.9. The molecule has 0 aliphatic carbocycles. The predicted octanol–water partition coefficient (Wildman–Crippen LogP) is 1.94. The molecule has 6 atom stereocenters. The number of ether oxygens (including phenoxy) is 2. The third-order valence-corrected chi connectivity index (χ3v) is 7.73. The van der Waals surface area contributed by atoms with Gasteiger partial charge in [0.1, 0.15) is 11.6 Å². The minimum atomic E-state index is -1.12. The van der Waals surface area contributed by atoms with E-state index in [9.17, 15) is 19.5 Å². The first-order chi connectivity index (χ1) is 15.3. The highest BCUT2D eigenvalue weighted by molar-refractivity contribution is 9.09. The zero-order valence-corrected chi connectivity index (χ0v) is 20.1. The highest BCUT2D eigenvalue weighted by Gasteiger charge is 2.76. The quantitative estimate of drug-likeness (QED) is 0.430. The molecule has 3 aliphatic rings. The summed E-state index contributed by atoms with van der Waals surface area (Å²) in [5.74, 6) is -2.66. The number of aryl methyl sites for hydroxylation is 2. The number of hydrogen-bond acceptors (Lipinski definition) is 6. The number of amides is 2. The molecule has 9 heteroatoms. The Labute approximate surface area is 195 Å². The van der Waals surface area contributed by atoms with E-state index in [2.05, 4.69) is 21.2 Å². The molecular formula is C23H29BrN2O6. The Morgan fingerprint density at radius 3 is 2.66 bits per heavy atom. The van der Waals surface area contributed by atoms with Crippen LogP contribution in [0.4, 0.5) is 5.69 Å². The largest absolute Gasteiger partial charge is 0.466 e. The molecule has 174 valence electrons. The highest BCUT2D eigenvalue weighted by atomic mass is 79.9. The van der Waals surface area contributed by atoms with Crippen LogP contribution in [0.3, 0.4) is 0 Å². The second-order valence-electron chi connectivity index (χ2n) is 8.78. The summed E-state index contributed by atoms with van der Waals surface area (Å²) in [5.41, 5.74) is 1.41. The van der Waals surface area contributed by atoms with Crippen LogP contribution in [0.5, 0.6) is 0 Å². The summed E-state index contributed by atoms with van der Waals surface area (Å²) < 4.78 is 11.6. The molecule has 2 amide bonds. The lowest BCUT2D eigenvalue weighted by Gasteiger charge is -2.34. The van der Waals surface area contributed by atoms with Crippen LogP contribution in [0.1, 0.15) is 30.9 Å². The van der Waals surface area contributed by atoms with Gasteiger partial charge in [-0.1, -0.05) is 34.1 Å². The third-order valence-electron chi connectivity index (χ3n) is 6.88. The average molecular weight is 509 g/mol. The average Bonchev–Trinajstić information content (AvgIpc) is 3.33. The van der Waals surface area contributed by atoms with Gasteiger partial charge in [0.05, 0.1) is 24.5 Å². The number of para-hydroxylation sites is 1. The number of carbonyl (C=O) groups excluding carboxylic acids is 3. The lowest BCUT2D eigenvalue weighted by Crippen LogP contribution is -2.54. The summed E-state index contributed by atoms with van der Waals surface area (Å²) in [5, 5.41) is 12.4. The van der Waals surface area contributed by atoms with E-state index in [1.165, 1.54) is 4.90 Å². The van der Waals surface area contributed by atoms with E-state index in [-0.39, 0.29) is 36.4 Å². The third kappa shape index (κ3) is 3.45. The number of aliphatic hydroxyl groups is 1. The summed E-state index contributed by atoms with van der Waals surface area (Å²) in [7, 11) is 0. The maximum atomic E-state index is 13.7. The van der Waals surface area contributed by atoms with Crippen LogP contribution in [-0.4, -0.2) is 70.1 Å². The van der Waals surface area contributed by atoms with Crippen molar-refractivity contribution in [2.45, 2.75) is 56.2 Å². The Morgan fingerprint density at radius 1 is 1.34 bits per heavy atom. The van der Waals surface area contributed by atoms with Crippen molar-refractivity contribution in [3.8, 4) is 0 Å². The lowest BCUT2D eigenvalue weighted by atomic mass is 9.70. The molecule has 3 unspecified atom stereocenters. The number of aliphatic hydroxyl groups excluding tert-OH is 1. The summed E-state index contributed by atoms with van der Waals surface area (Å²) in [6.07, 6.45) is 0.232. The minimum Gasteiger partial charge on any atom is -0.466 e. The predicted molar refractivity (Wildman–Crippen MR) is 120 cm³/mol. The van der Waals surface area contributed by atoms with E-state index in [4.69, 9.17) is 9.47 Å². The summed E-state index contributed by atoms with van der Waals surface area (Å²) in [6.45, 7) is 5.84. The smallest absolute Gasteiger partial charge is 0.312 e. The number of alkyl halides is 1. The van der Waals surface area contributed by atoms with Gasteiger partial charge in [0.2, 0.25) is 11.8 Å². The van der Waals surface area contributed by atoms with Crippen LogP contribution < -0.4 is 5.32 Å². The molecule has 0 aromatic heterocycles. The van der Waals surface area contributed by atoms with Gasteiger partial charge in [-0.25, -0.2) is 0 Å². The number of benzene rings is 1. The number of nitrogens with zero attached hydrogens (tertiary/aromatic N) is 1. The molecule has 1 aromatic rings. The maximum absolute atomic E-state index is 13.7. The van der Waals surface area contributed by atoms with E-state index in [1.54, 1.807) is 6.92 Å². The standard InChI is InChI=1S/C23H29BrN2O6/c1-4-31-22(30)15-16-21(29)26(9-6-10-27)19(23(16)11-14(24)18(15)32-23)20(28)25-17-12(2)7-5-8-13(17)3/h5,7-8,14-16,18-19,27H,4,6,9-11H2,1-3H3,(H,25,28)/t14?,15-,16-,18-,19?,23?/m0/s1. The first-order valence-electron chi connectivity index (χ1n) is 11.0. The summed E-state index contributed by atoms with van der Waals surface area (Å²) in [6, 6.07) is 4.84. The van der Waals surface area contributed by atoms with Crippen molar-refractivity contribution >= 4 is 39.4 Å². The number of anilines is 1. The van der Waals surface area contributed by atoms with Crippen molar-refractivity contribution in [3.63, 3.8) is 0 Å². The fourth-order valence-electron chi connectivity index (χ4n) is 5.62. The van der Waals surface area contributed by atoms with Gasteiger partial charge in [0, 0.05) is 23.7 Å². The molecule has 0 saturated carbocycles. The number of halogens is 1. The fourth-order valence-corrected chi connectivity index (χ4v) is 6.57. The molecule has 3 heterocycles. The number of carbonyl (C=O) groups is 3. The van der Waals surface area contributed by atoms with Gasteiger partial charge in [-0.3, -0.25) is 14.4 Å². The van der Waals surface area contributed by atoms with Gasteiger partial charge in [-0.2, -0.15) is 0 Å². The summed E-state index contributed by atoms with van der Waals surface area (Å²) in [4.78, 5) is 41.4. The number of likely N-dealkylation sites (tertiary alicyclic amines) is 1. The molecule has 2 bridgehead atoms. The number of esters is 1. The van der Waals surface area contributed by atoms with E-state index < -0.39 is 35.6 Å². The molecule has 32 heavy (non-hydrogen) atoms. The second kappa shape index (κ2) is 8.76. The van der Waals surface area contributed by atoms with Gasteiger partial charge in [-0.15, -0.1) is 0 Å². The molecule has 0 radical (unpaired) electrons. The molecule has 4 rings (SSSR count). The van der Waals surface area contributed by atoms with Crippen molar-refractivity contribution in [2.24, 2.45) is 11.8 Å². The van der Waals surface area contributed by atoms with Gasteiger partial charge in [-0.05, 0) is 44.7 Å². The van der Waals surface area contributed by atoms with Gasteiger partial charge >= 0.3 is 5.97 Å². The van der Waals surface area contributed by atoms with Gasteiger partial charge in [0.15, 0.2) is 0 Å². The van der Waals surface area contributed by atoms with E-state index in [0.29, 0.717) is 18.5 Å². The normalized spacial score (nSPS) is 32.8. The second-order valence-corrected chi connectivity index (χ2v) is 9.96. The van der Waals surface area contributed by atoms with Gasteiger partial charge < -0.3 is 24.8 Å². The topological polar surface area (TPSA) is 105 Å². The molecule has 3 saturated heterocycles. The lowest BCUT2D eigenvalue weighted by molar-refractivity contribution is -0.154. The Hall–Kier alpha value is -1.97. The van der Waals surface area contributed by atoms with Crippen molar-refractivity contribution in [1.82, 2.24) is 4.90 Å². The van der Waals surface area contributed by atoms with Crippen molar-refractivity contribution in [1.29, 1.82) is 0 Å².